The van der Waals surface area contributed by atoms with Crippen LogP contribution in [0.5, 0.6) is 0 Å². The molecule has 0 aromatic carbocycles. The van der Waals surface area contributed by atoms with E-state index < -0.39 is 0 Å². The lowest BCUT2D eigenvalue weighted by atomic mass is 9.84. The number of carbonyl (C=O) groups excluding carboxylic acids is 2. The van der Waals surface area contributed by atoms with Crippen LogP contribution in [0.25, 0.3) is 0 Å². The highest BCUT2D eigenvalue weighted by Crippen LogP contribution is 2.24. The Morgan fingerprint density at radius 1 is 1.30 bits per heavy atom. The summed E-state index contributed by atoms with van der Waals surface area (Å²) in [7, 11) is 0. The molecule has 0 aromatic heterocycles. The van der Waals surface area contributed by atoms with E-state index in [9.17, 15) is 9.59 Å². The number of ketones is 1. The third-order valence-corrected chi connectivity index (χ3v) is 4.39. The molecule has 2 fully saturated rings. The molecule has 20 heavy (non-hydrogen) atoms. The maximum absolute atomic E-state index is 12.0. The van der Waals surface area contributed by atoms with E-state index in [2.05, 4.69) is 25.7 Å². The van der Waals surface area contributed by atoms with Gasteiger partial charge in [0.2, 0.25) is 0 Å². The molecule has 1 heterocycles. The van der Waals surface area contributed by atoms with Crippen molar-refractivity contribution in [1.29, 1.82) is 0 Å². The van der Waals surface area contributed by atoms with Crippen LogP contribution in [0, 0.1) is 29.6 Å². The first-order valence-corrected chi connectivity index (χ1v) is 7.86. The highest BCUT2D eigenvalue weighted by atomic mass is 16.2. The Bertz CT molecular complexity index is 414. The van der Waals surface area contributed by atoms with E-state index in [1.54, 1.807) is 0 Å². The quantitative estimate of drug-likeness (QED) is 0.743. The lowest BCUT2D eigenvalue weighted by Crippen LogP contribution is -2.38. The second-order valence-corrected chi connectivity index (χ2v) is 6.62. The summed E-state index contributed by atoms with van der Waals surface area (Å²) in [6.45, 7) is 6.22. The van der Waals surface area contributed by atoms with Crippen molar-refractivity contribution in [3.8, 4) is 11.8 Å². The maximum Gasteiger partial charge on any atom is 0.298 e. The highest BCUT2D eigenvalue weighted by molar-refractivity contribution is 5.94. The van der Waals surface area contributed by atoms with Crippen LogP contribution in [0.2, 0.25) is 0 Å². The summed E-state index contributed by atoms with van der Waals surface area (Å²) in [4.78, 5) is 24.7. The van der Waals surface area contributed by atoms with E-state index in [4.69, 9.17) is 0 Å². The molecule has 0 atom stereocenters. The van der Waals surface area contributed by atoms with Crippen molar-refractivity contribution in [1.82, 2.24) is 4.90 Å². The average molecular weight is 275 g/mol. The smallest absolute Gasteiger partial charge is 0.298 e. The van der Waals surface area contributed by atoms with Crippen molar-refractivity contribution in [3.05, 3.63) is 0 Å². The third kappa shape index (κ3) is 4.37. The summed E-state index contributed by atoms with van der Waals surface area (Å²) in [5.41, 5.74) is 0. The number of carbonyl (C=O) groups is 2. The van der Waals surface area contributed by atoms with Crippen LogP contribution >= 0.6 is 0 Å². The van der Waals surface area contributed by atoms with Crippen molar-refractivity contribution in [3.63, 3.8) is 0 Å². The number of Topliss-reactive ketones (excluding diaryl/α,β-unsaturated/α-hetero) is 1. The first-order chi connectivity index (χ1) is 9.54. The van der Waals surface area contributed by atoms with Crippen LogP contribution in [-0.4, -0.2) is 29.7 Å². The second-order valence-electron chi connectivity index (χ2n) is 6.62. The van der Waals surface area contributed by atoms with Gasteiger partial charge in [0.15, 0.2) is 0 Å². The molecule has 3 heteroatoms. The Kier molecular flexibility index (Phi) is 5.23. The number of hydrogen-bond acceptors (Lipinski definition) is 2. The lowest BCUT2D eigenvalue weighted by molar-refractivity contribution is -0.127. The van der Waals surface area contributed by atoms with E-state index in [0.717, 1.165) is 37.8 Å². The first-order valence-electron chi connectivity index (χ1n) is 7.86. The fraction of sp³-hybridized carbons (Fsp3) is 0.765. The summed E-state index contributed by atoms with van der Waals surface area (Å²) >= 11 is 0. The maximum atomic E-state index is 12.0. The van der Waals surface area contributed by atoms with Crippen molar-refractivity contribution in [2.75, 3.05) is 13.1 Å². The number of likely N-dealkylation sites (tertiary alicyclic amines) is 1. The minimum absolute atomic E-state index is 0.0494. The molecule has 1 amide bonds. The van der Waals surface area contributed by atoms with E-state index in [1.165, 1.54) is 12.8 Å². The Morgan fingerprint density at radius 2 is 1.95 bits per heavy atom. The summed E-state index contributed by atoms with van der Waals surface area (Å²) in [5.74, 6) is 7.56. The van der Waals surface area contributed by atoms with Gasteiger partial charge in [-0.05, 0) is 30.6 Å². The van der Waals surface area contributed by atoms with Gasteiger partial charge in [0.1, 0.15) is 5.78 Å². The largest absolute Gasteiger partial charge is 0.332 e. The standard InChI is InChI=1S/C17H25NO2/c1-13(2)3-4-14-7-9-18(10-8-14)17(20)6-5-15-11-16(19)12-15/h13-15H,3-4,7-12H2,1-2H3. The SMILES string of the molecule is CC(C)CCC1CCN(C(=O)C#CC2CC(=O)C2)CC1. The monoisotopic (exact) mass is 275 g/mol. The number of amides is 1. The Balaban J connectivity index is 1.70. The Morgan fingerprint density at radius 3 is 2.50 bits per heavy atom. The van der Waals surface area contributed by atoms with Crippen molar-refractivity contribution < 1.29 is 9.59 Å². The average Bonchev–Trinajstić information content (AvgIpc) is 2.40. The molecule has 1 saturated heterocycles. The zero-order chi connectivity index (χ0) is 14.5. The molecular weight excluding hydrogens is 250 g/mol. The number of hydrogen-bond donors (Lipinski definition) is 0. The molecule has 2 rings (SSSR count). The molecule has 0 bridgehead atoms. The van der Waals surface area contributed by atoms with Gasteiger partial charge in [0, 0.05) is 31.8 Å². The normalized spacial score (nSPS) is 20.6. The lowest BCUT2D eigenvalue weighted by Gasteiger charge is -2.31. The molecular formula is C17H25NO2. The van der Waals surface area contributed by atoms with Crippen LogP contribution in [0.1, 0.15) is 52.4 Å². The molecule has 1 aliphatic carbocycles. The van der Waals surface area contributed by atoms with Gasteiger partial charge in [-0.15, -0.1) is 0 Å². The molecule has 0 N–H and O–H groups in total. The molecule has 0 aromatic rings. The summed E-state index contributed by atoms with van der Waals surface area (Å²) in [6.07, 6.45) is 5.88. The van der Waals surface area contributed by atoms with E-state index in [1.807, 2.05) is 4.90 Å². The zero-order valence-electron chi connectivity index (χ0n) is 12.7. The molecule has 0 spiro atoms. The number of nitrogens with zero attached hydrogens (tertiary/aromatic N) is 1. The van der Waals surface area contributed by atoms with Gasteiger partial charge < -0.3 is 4.90 Å². The van der Waals surface area contributed by atoms with Gasteiger partial charge in [-0.3, -0.25) is 9.59 Å². The molecule has 1 aliphatic heterocycles. The Hall–Kier alpha value is -1.30. The van der Waals surface area contributed by atoms with Crippen molar-refractivity contribution in [2.45, 2.75) is 52.4 Å². The van der Waals surface area contributed by atoms with Crippen LogP contribution in [-0.2, 0) is 9.59 Å². The van der Waals surface area contributed by atoms with Crippen molar-refractivity contribution >= 4 is 11.7 Å². The predicted octanol–water partition coefficient (Wildman–Crippen LogP) is 2.64. The van der Waals surface area contributed by atoms with Gasteiger partial charge >= 0.3 is 0 Å². The number of rotatable bonds is 3. The fourth-order valence-corrected chi connectivity index (χ4v) is 2.83. The van der Waals surface area contributed by atoms with E-state index in [0.29, 0.717) is 12.8 Å². The fourth-order valence-electron chi connectivity index (χ4n) is 2.83. The van der Waals surface area contributed by atoms with Gasteiger partial charge in [-0.25, -0.2) is 0 Å². The predicted molar refractivity (Wildman–Crippen MR) is 78.9 cm³/mol. The van der Waals surface area contributed by atoms with Crippen molar-refractivity contribution in [2.24, 2.45) is 17.8 Å². The summed E-state index contributed by atoms with van der Waals surface area (Å²) < 4.78 is 0. The van der Waals surface area contributed by atoms with Crippen LogP contribution in [0.15, 0.2) is 0 Å². The molecule has 110 valence electrons. The molecule has 0 radical (unpaired) electrons. The summed E-state index contributed by atoms with van der Waals surface area (Å²) in [6, 6.07) is 0. The highest BCUT2D eigenvalue weighted by Gasteiger charge is 2.25. The molecule has 2 aliphatic rings. The van der Waals surface area contributed by atoms with Crippen LogP contribution < -0.4 is 0 Å². The van der Waals surface area contributed by atoms with Crippen LogP contribution in [0.4, 0.5) is 0 Å². The second kappa shape index (κ2) is 6.92. The molecule has 3 nitrogen and oxygen atoms in total. The topological polar surface area (TPSA) is 37.4 Å². The van der Waals surface area contributed by atoms with Gasteiger partial charge in [-0.1, -0.05) is 32.6 Å². The Labute approximate surface area is 122 Å². The molecule has 1 saturated carbocycles. The van der Waals surface area contributed by atoms with Gasteiger partial charge in [0.05, 0.1) is 0 Å². The minimum Gasteiger partial charge on any atom is -0.332 e. The zero-order valence-corrected chi connectivity index (χ0v) is 12.7. The number of piperidine rings is 1. The van der Waals surface area contributed by atoms with Crippen LogP contribution in [0.3, 0.4) is 0 Å². The van der Waals surface area contributed by atoms with Gasteiger partial charge in [0.25, 0.3) is 5.91 Å². The molecule has 0 unspecified atom stereocenters. The minimum atomic E-state index is -0.0494. The summed E-state index contributed by atoms with van der Waals surface area (Å²) in [5, 5.41) is 0. The first kappa shape index (κ1) is 15.1. The van der Waals surface area contributed by atoms with E-state index in [-0.39, 0.29) is 17.6 Å². The van der Waals surface area contributed by atoms with E-state index >= 15 is 0 Å². The third-order valence-electron chi connectivity index (χ3n) is 4.39. The van der Waals surface area contributed by atoms with Gasteiger partial charge in [-0.2, -0.15) is 0 Å².